The number of nitrogens with one attached hydrogen (secondary N) is 1. The molecule has 2 aromatic rings. The van der Waals surface area contributed by atoms with E-state index in [1.807, 2.05) is 49.4 Å². The molecule has 1 unspecified atom stereocenters. The Kier molecular flexibility index (Phi) is 5.22. The number of fused-ring (bicyclic) bond motifs is 1. The largest absolute Gasteiger partial charge is 0.339 e. The Balaban J connectivity index is 1.41. The van der Waals surface area contributed by atoms with Gasteiger partial charge in [-0.2, -0.15) is 0 Å². The van der Waals surface area contributed by atoms with Crippen LogP contribution in [0.4, 0.5) is 5.69 Å². The van der Waals surface area contributed by atoms with Crippen LogP contribution in [0.3, 0.4) is 0 Å². The highest BCUT2D eigenvalue weighted by Crippen LogP contribution is 2.36. The van der Waals surface area contributed by atoms with Gasteiger partial charge in [-0.3, -0.25) is 14.4 Å². The number of rotatable bonds is 3. The van der Waals surface area contributed by atoms with Gasteiger partial charge < -0.3 is 10.2 Å². The Morgan fingerprint density at radius 2 is 1.75 bits per heavy atom. The summed E-state index contributed by atoms with van der Waals surface area (Å²) in [5.74, 6) is 0.0381. The lowest BCUT2D eigenvalue weighted by Crippen LogP contribution is -2.40. The minimum atomic E-state index is -0.129. The number of nitrogens with zero attached hydrogens (tertiary/aromatic N) is 1. The van der Waals surface area contributed by atoms with Gasteiger partial charge >= 0.3 is 0 Å². The van der Waals surface area contributed by atoms with Gasteiger partial charge in [-0.15, -0.1) is 11.8 Å². The van der Waals surface area contributed by atoms with Crippen LogP contribution in [0.1, 0.15) is 40.5 Å². The molecule has 6 heteroatoms. The van der Waals surface area contributed by atoms with Crippen molar-refractivity contribution in [3.63, 3.8) is 0 Å². The third-order valence-corrected chi connectivity index (χ3v) is 6.55. The lowest BCUT2D eigenvalue weighted by molar-refractivity contribution is -0.115. The maximum atomic E-state index is 12.9. The van der Waals surface area contributed by atoms with E-state index in [0.717, 1.165) is 10.5 Å². The first-order valence-electron chi connectivity index (χ1n) is 9.53. The normalized spacial score (nSPS) is 19.7. The van der Waals surface area contributed by atoms with Gasteiger partial charge in [0, 0.05) is 35.0 Å². The molecular weight excluding hydrogens is 372 g/mol. The van der Waals surface area contributed by atoms with Crippen LogP contribution in [-0.2, 0) is 4.79 Å². The number of amides is 2. The van der Waals surface area contributed by atoms with Crippen molar-refractivity contribution >= 4 is 35.0 Å². The summed E-state index contributed by atoms with van der Waals surface area (Å²) in [5, 5.41) is 2.74. The molecule has 2 aliphatic heterocycles. The van der Waals surface area contributed by atoms with Crippen molar-refractivity contribution in [2.24, 2.45) is 5.92 Å². The molecule has 4 rings (SSSR count). The van der Waals surface area contributed by atoms with Crippen LogP contribution < -0.4 is 5.32 Å². The molecule has 2 heterocycles. The van der Waals surface area contributed by atoms with Crippen LogP contribution >= 0.6 is 11.8 Å². The molecule has 5 nitrogen and oxygen atoms in total. The number of hydrogen-bond donors (Lipinski definition) is 1. The first kappa shape index (κ1) is 18.7. The van der Waals surface area contributed by atoms with Crippen LogP contribution in [0.15, 0.2) is 53.4 Å². The number of carbonyl (C=O) groups is 3. The second-order valence-corrected chi connectivity index (χ2v) is 8.64. The van der Waals surface area contributed by atoms with E-state index in [1.165, 1.54) is 11.8 Å². The molecule has 1 N–H and O–H groups in total. The lowest BCUT2D eigenvalue weighted by Gasteiger charge is -2.31. The summed E-state index contributed by atoms with van der Waals surface area (Å²) in [6.07, 6.45) is 1.35. The van der Waals surface area contributed by atoms with Gasteiger partial charge in [0.05, 0.1) is 10.9 Å². The zero-order chi connectivity index (χ0) is 19.7. The topological polar surface area (TPSA) is 66.5 Å². The van der Waals surface area contributed by atoms with E-state index in [0.29, 0.717) is 37.2 Å². The quantitative estimate of drug-likeness (QED) is 0.803. The minimum absolute atomic E-state index is 0.0350. The highest BCUT2D eigenvalue weighted by molar-refractivity contribution is 8.00. The number of carbonyl (C=O) groups excluding carboxylic acids is 3. The highest BCUT2D eigenvalue weighted by atomic mass is 32.2. The SMILES string of the molecule is CC1Sc2ccc(C(=O)N3CCC(C(=O)c4ccccc4)CC3)cc2NC1=O. The average Bonchev–Trinajstić information content (AvgIpc) is 2.74. The molecule has 1 saturated heterocycles. The standard InChI is InChI=1S/C22H22N2O3S/c1-14-21(26)23-18-13-17(7-8-19(18)28-14)22(27)24-11-9-16(10-12-24)20(25)15-5-3-2-4-6-15/h2-8,13-14,16H,9-12H2,1H3,(H,23,26). The van der Waals surface area contributed by atoms with Crippen molar-refractivity contribution in [3.05, 3.63) is 59.7 Å². The Labute approximate surface area is 168 Å². The number of likely N-dealkylation sites (tertiary alicyclic amines) is 1. The van der Waals surface area contributed by atoms with Gasteiger partial charge in [-0.1, -0.05) is 30.3 Å². The van der Waals surface area contributed by atoms with Crippen LogP contribution in [0, 0.1) is 5.92 Å². The fourth-order valence-corrected chi connectivity index (χ4v) is 4.64. The number of ketones is 1. The summed E-state index contributed by atoms with van der Waals surface area (Å²) in [6.45, 7) is 3.00. The zero-order valence-corrected chi connectivity index (χ0v) is 16.5. The summed E-state index contributed by atoms with van der Waals surface area (Å²) in [4.78, 5) is 40.2. The highest BCUT2D eigenvalue weighted by Gasteiger charge is 2.29. The predicted molar refractivity (Wildman–Crippen MR) is 110 cm³/mol. The molecule has 1 fully saturated rings. The van der Waals surface area contributed by atoms with E-state index in [1.54, 1.807) is 11.0 Å². The summed E-state index contributed by atoms with van der Waals surface area (Å²) in [6, 6.07) is 14.8. The van der Waals surface area contributed by atoms with Crippen molar-refractivity contribution in [2.75, 3.05) is 18.4 Å². The molecular formula is C22H22N2O3S. The number of Topliss-reactive ketones (excluding diaryl/α,β-unsaturated/α-hetero) is 1. The maximum absolute atomic E-state index is 12.9. The summed E-state index contributed by atoms with van der Waals surface area (Å²) in [5.41, 5.74) is 2.01. The zero-order valence-electron chi connectivity index (χ0n) is 15.7. The molecule has 0 aromatic heterocycles. The Morgan fingerprint density at radius 3 is 2.46 bits per heavy atom. The van der Waals surface area contributed by atoms with Crippen molar-refractivity contribution in [1.82, 2.24) is 4.90 Å². The third-order valence-electron chi connectivity index (χ3n) is 5.37. The monoisotopic (exact) mass is 394 g/mol. The summed E-state index contributed by atoms with van der Waals surface area (Å²) >= 11 is 1.50. The van der Waals surface area contributed by atoms with Gasteiger partial charge in [0.15, 0.2) is 5.78 Å². The Hall–Kier alpha value is -2.60. The van der Waals surface area contributed by atoms with Gasteiger partial charge in [0.2, 0.25) is 5.91 Å². The van der Waals surface area contributed by atoms with Gasteiger partial charge in [0.1, 0.15) is 0 Å². The second-order valence-electron chi connectivity index (χ2n) is 7.26. The molecule has 28 heavy (non-hydrogen) atoms. The van der Waals surface area contributed by atoms with Crippen LogP contribution in [-0.4, -0.2) is 40.8 Å². The second kappa shape index (κ2) is 7.80. The molecule has 0 bridgehead atoms. The number of benzene rings is 2. The van der Waals surface area contributed by atoms with E-state index in [2.05, 4.69) is 5.32 Å². The Bertz CT molecular complexity index is 921. The fraction of sp³-hybridized carbons (Fsp3) is 0.318. The van der Waals surface area contributed by atoms with Crippen LogP contribution in [0.5, 0.6) is 0 Å². The van der Waals surface area contributed by atoms with E-state index in [-0.39, 0.29) is 28.8 Å². The first-order chi connectivity index (χ1) is 13.5. The number of piperidine rings is 1. The first-order valence-corrected chi connectivity index (χ1v) is 10.4. The van der Waals surface area contributed by atoms with Crippen LogP contribution in [0.2, 0.25) is 0 Å². The third kappa shape index (κ3) is 3.69. The number of thioether (sulfide) groups is 1. The molecule has 2 aliphatic rings. The molecule has 2 aromatic carbocycles. The molecule has 144 valence electrons. The van der Waals surface area contributed by atoms with Crippen LogP contribution in [0.25, 0.3) is 0 Å². The fourth-order valence-electron chi connectivity index (χ4n) is 3.71. The van der Waals surface area contributed by atoms with Gasteiger partial charge in [-0.25, -0.2) is 0 Å². The molecule has 0 saturated carbocycles. The van der Waals surface area contributed by atoms with Crippen molar-refractivity contribution in [1.29, 1.82) is 0 Å². The van der Waals surface area contributed by atoms with E-state index in [9.17, 15) is 14.4 Å². The van der Waals surface area contributed by atoms with Crippen molar-refractivity contribution in [2.45, 2.75) is 29.9 Å². The van der Waals surface area contributed by atoms with Gasteiger partial charge in [0.25, 0.3) is 5.91 Å². The molecule has 0 radical (unpaired) electrons. The van der Waals surface area contributed by atoms with Crippen molar-refractivity contribution in [3.8, 4) is 0 Å². The molecule has 0 spiro atoms. The van der Waals surface area contributed by atoms with E-state index < -0.39 is 0 Å². The maximum Gasteiger partial charge on any atom is 0.253 e. The molecule has 1 atom stereocenters. The minimum Gasteiger partial charge on any atom is -0.339 e. The van der Waals surface area contributed by atoms with E-state index in [4.69, 9.17) is 0 Å². The summed E-state index contributed by atoms with van der Waals surface area (Å²) < 4.78 is 0. The van der Waals surface area contributed by atoms with Crippen molar-refractivity contribution < 1.29 is 14.4 Å². The summed E-state index contributed by atoms with van der Waals surface area (Å²) in [7, 11) is 0. The predicted octanol–water partition coefficient (Wildman–Crippen LogP) is 3.85. The lowest BCUT2D eigenvalue weighted by atomic mass is 9.88. The Morgan fingerprint density at radius 1 is 1.04 bits per heavy atom. The molecule has 2 amide bonds. The average molecular weight is 394 g/mol. The number of anilines is 1. The van der Waals surface area contributed by atoms with Gasteiger partial charge in [-0.05, 0) is 38.0 Å². The molecule has 0 aliphatic carbocycles. The number of hydrogen-bond acceptors (Lipinski definition) is 4. The smallest absolute Gasteiger partial charge is 0.253 e. The van der Waals surface area contributed by atoms with E-state index >= 15 is 0 Å².